The molecule has 2 aromatic carbocycles. The number of para-hydroxylation sites is 1. The second kappa shape index (κ2) is 5.02. The minimum absolute atomic E-state index is 0.0570. The lowest BCUT2D eigenvalue weighted by Crippen LogP contribution is -2.14. The van der Waals surface area contributed by atoms with E-state index in [4.69, 9.17) is 4.74 Å². The Balaban J connectivity index is 1.99. The minimum Gasteiger partial charge on any atom is -0.475 e. The molecule has 0 saturated heterocycles. The summed E-state index contributed by atoms with van der Waals surface area (Å²) in [5.74, 6) is 0.736. The first-order valence-corrected chi connectivity index (χ1v) is 7.59. The van der Waals surface area contributed by atoms with Gasteiger partial charge in [-0.25, -0.2) is 0 Å². The van der Waals surface area contributed by atoms with Crippen molar-refractivity contribution in [3.8, 4) is 5.88 Å². The molecule has 3 aromatic rings. The van der Waals surface area contributed by atoms with E-state index in [0.717, 1.165) is 22.3 Å². The highest BCUT2D eigenvalue weighted by Crippen LogP contribution is 2.30. The molecule has 0 spiro atoms. The van der Waals surface area contributed by atoms with Crippen LogP contribution in [-0.4, -0.2) is 10.7 Å². The van der Waals surface area contributed by atoms with Crippen LogP contribution in [0.2, 0.25) is 0 Å². The fraction of sp³-hybridized carbons (Fsp3) is 0.211. The smallest absolute Gasteiger partial charge is 0.201 e. The highest BCUT2D eigenvalue weighted by Gasteiger charge is 2.27. The average Bonchev–Trinajstić information content (AvgIpc) is 2.94. The van der Waals surface area contributed by atoms with E-state index in [2.05, 4.69) is 16.7 Å². The third-order valence-corrected chi connectivity index (χ3v) is 4.20. The highest BCUT2D eigenvalue weighted by atomic mass is 16.5. The van der Waals surface area contributed by atoms with Crippen molar-refractivity contribution in [1.29, 1.82) is 0 Å². The molecule has 0 N–H and O–H groups in total. The molecule has 1 aromatic heterocycles. The predicted octanol–water partition coefficient (Wildman–Crippen LogP) is 3.37. The Hall–Kier alpha value is -2.55. The van der Waals surface area contributed by atoms with Crippen LogP contribution in [-0.2, 0) is 13.0 Å². The predicted molar refractivity (Wildman–Crippen MR) is 87.5 cm³/mol. The zero-order chi connectivity index (χ0) is 15.1. The third-order valence-electron chi connectivity index (χ3n) is 4.20. The van der Waals surface area contributed by atoms with Gasteiger partial charge in [0.1, 0.15) is 6.10 Å². The summed E-state index contributed by atoms with van der Waals surface area (Å²) >= 11 is 0. The summed E-state index contributed by atoms with van der Waals surface area (Å²) < 4.78 is 8.09. The lowest BCUT2D eigenvalue weighted by Gasteiger charge is -2.16. The van der Waals surface area contributed by atoms with Crippen LogP contribution in [0.3, 0.4) is 0 Å². The number of aromatic nitrogens is 1. The van der Waals surface area contributed by atoms with Crippen LogP contribution < -0.4 is 10.2 Å². The molecular weight excluding hydrogens is 274 g/mol. The molecule has 4 rings (SSSR count). The van der Waals surface area contributed by atoms with Gasteiger partial charge in [-0.1, -0.05) is 42.5 Å². The van der Waals surface area contributed by atoms with Crippen LogP contribution in [0.4, 0.5) is 0 Å². The quantitative estimate of drug-likeness (QED) is 0.725. The van der Waals surface area contributed by atoms with E-state index >= 15 is 0 Å². The molecule has 1 atom stereocenters. The first-order chi connectivity index (χ1) is 10.7. The number of ether oxygens (including phenoxy) is 1. The first kappa shape index (κ1) is 13.1. The number of nitrogens with zero attached hydrogens (tertiary/aromatic N) is 1. The summed E-state index contributed by atoms with van der Waals surface area (Å²) in [7, 11) is 0. The molecule has 22 heavy (non-hydrogen) atoms. The van der Waals surface area contributed by atoms with Gasteiger partial charge in [-0.2, -0.15) is 0 Å². The van der Waals surface area contributed by atoms with E-state index in [1.165, 1.54) is 5.56 Å². The van der Waals surface area contributed by atoms with Crippen LogP contribution in [0.15, 0.2) is 59.4 Å². The van der Waals surface area contributed by atoms with Crippen molar-refractivity contribution in [2.45, 2.75) is 26.0 Å². The molecule has 3 heteroatoms. The number of hydrogen-bond donors (Lipinski definition) is 0. The molecule has 1 aliphatic rings. The fourth-order valence-electron chi connectivity index (χ4n) is 3.19. The van der Waals surface area contributed by atoms with E-state index in [-0.39, 0.29) is 11.5 Å². The molecule has 110 valence electrons. The van der Waals surface area contributed by atoms with Gasteiger partial charge in [0.25, 0.3) is 0 Å². The lowest BCUT2D eigenvalue weighted by molar-refractivity contribution is 0.237. The van der Waals surface area contributed by atoms with Crippen LogP contribution >= 0.6 is 0 Å². The second-order valence-corrected chi connectivity index (χ2v) is 5.83. The third kappa shape index (κ3) is 2.01. The maximum atomic E-state index is 12.7. The molecule has 0 radical (unpaired) electrons. The SMILES string of the molecule is CC1Cc2c(n(Cc3ccccc3)c3ccccc3c2=O)O1. The summed E-state index contributed by atoms with van der Waals surface area (Å²) in [5, 5.41) is 0.773. The van der Waals surface area contributed by atoms with Crippen molar-refractivity contribution in [2.75, 3.05) is 0 Å². The Bertz CT molecular complexity index is 896. The molecule has 0 fully saturated rings. The van der Waals surface area contributed by atoms with Crippen LogP contribution in [0, 0.1) is 0 Å². The van der Waals surface area contributed by atoms with Gasteiger partial charge in [0.2, 0.25) is 5.88 Å². The molecule has 2 heterocycles. The maximum Gasteiger partial charge on any atom is 0.201 e. The normalized spacial score (nSPS) is 16.5. The lowest BCUT2D eigenvalue weighted by atomic mass is 10.1. The number of benzene rings is 2. The average molecular weight is 291 g/mol. The van der Waals surface area contributed by atoms with E-state index in [1.54, 1.807) is 0 Å². The molecule has 1 unspecified atom stereocenters. The van der Waals surface area contributed by atoms with Crippen molar-refractivity contribution in [2.24, 2.45) is 0 Å². The second-order valence-electron chi connectivity index (χ2n) is 5.83. The summed E-state index contributed by atoms with van der Waals surface area (Å²) in [6.45, 7) is 2.72. The standard InChI is InChI=1S/C19H17NO2/c1-13-11-16-18(21)15-9-5-6-10-17(15)20(19(16)22-13)12-14-7-3-2-4-8-14/h2-10,13H,11-12H2,1H3. The van der Waals surface area contributed by atoms with Gasteiger partial charge < -0.3 is 9.30 Å². The van der Waals surface area contributed by atoms with Crippen molar-refractivity contribution < 1.29 is 4.74 Å². The number of pyridine rings is 1. The molecule has 3 nitrogen and oxygen atoms in total. The van der Waals surface area contributed by atoms with Gasteiger partial charge in [0.15, 0.2) is 5.43 Å². The van der Waals surface area contributed by atoms with Gasteiger partial charge in [-0.3, -0.25) is 4.79 Å². The van der Waals surface area contributed by atoms with Crippen molar-refractivity contribution in [3.63, 3.8) is 0 Å². The van der Waals surface area contributed by atoms with Gasteiger partial charge in [0, 0.05) is 11.8 Å². The van der Waals surface area contributed by atoms with Gasteiger partial charge in [-0.15, -0.1) is 0 Å². The topological polar surface area (TPSA) is 31.2 Å². The Morgan fingerprint density at radius 2 is 1.82 bits per heavy atom. The number of rotatable bonds is 2. The number of hydrogen-bond acceptors (Lipinski definition) is 2. The van der Waals surface area contributed by atoms with Crippen LogP contribution in [0.5, 0.6) is 5.88 Å². The zero-order valence-corrected chi connectivity index (χ0v) is 12.5. The molecule has 0 amide bonds. The molecule has 0 bridgehead atoms. The Kier molecular flexibility index (Phi) is 3.00. The van der Waals surface area contributed by atoms with E-state index < -0.39 is 0 Å². The largest absolute Gasteiger partial charge is 0.475 e. The Morgan fingerprint density at radius 3 is 2.64 bits per heavy atom. The van der Waals surface area contributed by atoms with Gasteiger partial charge in [0.05, 0.1) is 17.6 Å². The summed E-state index contributed by atoms with van der Waals surface area (Å²) in [5.41, 5.74) is 3.05. The Morgan fingerprint density at radius 1 is 1.09 bits per heavy atom. The van der Waals surface area contributed by atoms with E-state index in [9.17, 15) is 4.79 Å². The highest BCUT2D eigenvalue weighted by molar-refractivity contribution is 5.81. The summed E-state index contributed by atoms with van der Waals surface area (Å²) in [6, 6.07) is 18.0. The molecule has 1 aliphatic heterocycles. The molecule has 0 saturated carbocycles. The van der Waals surface area contributed by atoms with Crippen molar-refractivity contribution in [3.05, 3.63) is 75.9 Å². The molecular formula is C19H17NO2. The van der Waals surface area contributed by atoms with Crippen LogP contribution in [0.1, 0.15) is 18.1 Å². The fourth-order valence-corrected chi connectivity index (χ4v) is 3.19. The van der Waals surface area contributed by atoms with E-state index in [0.29, 0.717) is 13.0 Å². The Labute approximate surface area is 128 Å². The maximum absolute atomic E-state index is 12.7. The minimum atomic E-state index is 0.0570. The van der Waals surface area contributed by atoms with Crippen LogP contribution in [0.25, 0.3) is 10.9 Å². The first-order valence-electron chi connectivity index (χ1n) is 7.59. The number of fused-ring (bicyclic) bond motifs is 2. The summed E-state index contributed by atoms with van der Waals surface area (Å²) in [6.07, 6.45) is 0.745. The molecule has 0 aliphatic carbocycles. The van der Waals surface area contributed by atoms with Crippen molar-refractivity contribution in [1.82, 2.24) is 4.57 Å². The van der Waals surface area contributed by atoms with Crippen molar-refractivity contribution >= 4 is 10.9 Å². The van der Waals surface area contributed by atoms with E-state index in [1.807, 2.05) is 49.4 Å². The zero-order valence-electron chi connectivity index (χ0n) is 12.5. The van der Waals surface area contributed by atoms with Gasteiger partial charge in [-0.05, 0) is 24.6 Å². The monoisotopic (exact) mass is 291 g/mol. The summed E-state index contributed by atoms with van der Waals surface area (Å²) in [4.78, 5) is 12.7. The van der Waals surface area contributed by atoms with Gasteiger partial charge >= 0.3 is 0 Å².